The molecule has 1 fully saturated rings. The summed E-state index contributed by atoms with van der Waals surface area (Å²) >= 11 is 0. The fourth-order valence-corrected chi connectivity index (χ4v) is 3.26. The number of benzene rings is 1. The second kappa shape index (κ2) is 10.7. The summed E-state index contributed by atoms with van der Waals surface area (Å²) < 4.78 is 4.59. The molecule has 0 saturated carbocycles. The average Bonchev–Trinajstić information content (AvgIpc) is 2.67. The van der Waals surface area contributed by atoms with Gasteiger partial charge in [-0.1, -0.05) is 12.1 Å². The maximum absolute atomic E-state index is 12.2. The third kappa shape index (κ3) is 6.94. The summed E-state index contributed by atoms with van der Waals surface area (Å²) in [5.74, 6) is 0.747. The lowest BCUT2D eigenvalue weighted by atomic mass is 9.90. The predicted octanol–water partition coefficient (Wildman–Crippen LogP) is 3.09. The van der Waals surface area contributed by atoms with Gasteiger partial charge in [0, 0.05) is 26.1 Å². The van der Waals surface area contributed by atoms with Crippen molar-refractivity contribution in [2.75, 3.05) is 26.7 Å². The molecule has 26 heavy (non-hydrogen) atoms. The van der Waals surface area contributed by atoms with Crippen molar-refractivity contribution >= 4 is 12.0 Å². The van der Waals surface area contributed by atoms with Crippen LogP contribution in [0.4, 0.5) is 4.79 Å². The van der Waals surface area contributed by atoms with Crippen LogP contribution in [0.1, 0.15) is 44.1 Å². The zero-order valence-corrected chi connectivity index (χ0v) is 15.6. The van der Waals surface area contributed by atoms with Crippen LogP contribution in [0.5, 0.6) is 5.75 Å². The molecule has 6 nitrogen and oxygen atoms in total. The van der Waals surface area contributed by atoms with E-state index >= 15 is 0 Å². The highest BCUT2D eigenvalue weighted by Gasteiger charge is 2.22. The van der Waals surface area contributed by atoms with Crippen molar-refractivity contribution in [2.24, 2.45) is 5.92 Å². The number of phenols is 1. The van der Waals surface area contributed by atoms with Gasteiger partial charge in [-0.15, -0.1) is 0 Å². The van der Waals surface area contributed by atoms with E-state index in [1.165, 1.54) is 12.7 Å². The zero-order chi connectivity index (χ0) is 18.8. The van der Waals surface area contributed by atoms with Gasteiger partial charge in [0.2, 0.25) is 0 Å². The molecule has 2 rings (SSSR count). The first kappa shape index (κ1) is 20.1. The second-order valence-electron chi connectivity index (χ2n) is 6.90. The minimum atomic E-state index is -0.203. The topological polar surface area (TPSA) is 78.9 Å². The quantitative estimate of drug-likeness (QED) is 0.550. The van der Waals surface area contributed by atoms with Crippen LogP contribution in [0.3, 0.4) is 0 Å². The van der Waals surface area contributed by atoms with Crippen molar-refractivity contribution in [3.05, 3.63) is 29.8 Å². The van der Waals surface area contributed by atoms with E-state index in [9.17, 15) is 14.7 Å². The van der Waals surface area contributed by atoms with E-state index in [2.05, 4.69) is 10.1 Å². The Morgan fingerprint density at radius 3 is 2.54 bits per heavy atom. The Balaban J connectivity index is 1.57. The molecule has 144 valence electrons. The molecule has 1 aliphatic rings. The molecular weight excluding hydrogens is 332 g/mol. The minimum absolute atomic E-state index is 0.0000487. The number of carbonyl (C=O) groups is 2. The van der Waals surface area contributed by atoms with Gasteiger partial charge in [0.1, 0.15) is 5.75 Å². The number of unbranched alkanes of at least 4 members (excludes halogenated alkanes) is 1. The fourth-order valence-electron chi connectivity index (χ4n) is 3.26. The van der Waals surface area contributed by atoms with E-state index in [1.807, 2.05) is 17.0 Å². The number of phenolic OH excluding ortho intramolecular Hbond substituents is 1. The molecule has 0 aliphatic carbocycles. The Morgan fingerprint density at radius 1 is 1.19 bits per heavy atom. The van der Waals surface area contributed by atoms with Gasteiger partial charge in [0.25, 0.3) is 0 Å². The maximum atomic E-state index is 12.2. The molecule has 0 unspecified atom stereocenters. The minimum Gasteiger partial charge on any atom is -0.508 e. The van der Waals surface area contributed by atoms with Crippen LogP contribution < -0.4 is 5.32 Å². The Labute approximate surface area is 155 Å². The fraction of sp³-hybridized carbons (Fsp3) is 0.600. The van der Waals surface area contributed by atoms with Gasteiger partial charge in [0.15, 0.2) is 0 Å². The second-order valence-corrected chi connectivity index (χ2v) is 6.90. The number of hydrogen-bond donors (Lipinski definition) is 2. The molecule has 0 atom stereocenters. The number of urea groups is 1. The summed E-state index contributed by atoms with van der Waals surface area (Å²) in [7, 11) is 1.39. The molecule has 1 heterocycles. The lowest BCUT2D eigenvalue weighted by Crippen LogP contribution is -2.44. The number of amides is 2. The lowest BCUT2D eigenvalue weighted by molar-refractivity contribution is -0.140. The smallest absolute Gasteiger partial charge is 0.317 e. The van der Waals surface area contributed by atoms with Crippen molar-refractivity contribution < 1.29 is 19.4 Å². The first-order chi connectivity index (χ1) is 12.6. The molecule has 0 bridgehead atoms. The van der Waals surface area contributed by atoms with Gasteiger partial charge < -0.3 is 20.1 Å². The number of nitrogens with one attached hydrogen (secondary N) is 1. The molecule has 1 saturated heterocycles. The maximum Gasteiger partial charge on any atom is 0.317 e. The number of likely N-dealkylation sites (tertiary alicyclic amines) is 1. The Bertz CT molecular complexity index is 566. The Kier molecular flexibility index (Phi) is 8.25. The molecule has 2 amide bonds. The van der Waals surface area contributed by atoms with Crippen molar-refractivity contribution in [3.63, 3.8) is 0 Å². The van der Waals surface area contributed by atoms with Crippen molar-refractivity contribution in [2.45, 2.75) is 44.9 Å². The number of aryl methyl sites for hydroxylation is 1. The predicted molar refractivity (Wildman–Crippen MR) is 100.0 cm³/mol. The monoisotopic (exact) mass is 362 g/mol. The van der Waals surface area contributed by atoms with E-state index in [-0.39, 0.29) is 12.0 Å². The van der Waals surface area contributed by atoms with E-state index in [4.69, 9.17) is 0 Å². The largest absolute Gasteiger partial charge is 0.508 e. The molecule has 1 aliphatic heterocycles. The van der Waals surface area contributed by atoms with Gasteiger partial charge in [-0.2, -0.15) is 0 Å². The summed E-state index contributed by atoms with van der Waals surface area (Å²) in [5, 5.41) is 12.3. The van der Waals surface area contributed by atoms with E-state index in [0.717, 1.165) is 51.6 Å². The number of hydrogen-bond acceptors (Lipinski definition) is 4. The molecule has 1 aromatic carbocycles. The summed E-state index contributed by atoms with van der Waals surface area (Å²) in [6.45, 7) is 2.19. The summed E-state index contributed by atoms with van der Waals surface area (Å²) in [6.07, 6.45) is 6.11. The zero-order valence-electron chi connectivity index (χ0n) is 15.6. The summed E-state index contributed by atoms with van der Waals surface area (Å²) in [5.41, 5.74) is 1.25. The van der Waals surface area contributed by atoms with Gasteiger partial charge >= 0.3 is 12.0 Å². The number of esters is 1. The van der Waals surface area contributed by atoms with Crippen LogP contribution in [-0.2, 0) is 16.0 Å². The standard InChI is InChI=1S/C20H30N2O4/c1-26-19(24)4-2-3-13-21-20(25)22-14-11-17(12-15-22)6-5-16-7-9-18(23)10-8-16/h7-10,17,23H,2-6,11-15H2,1H3,(H,21,25). The molecule has 0 spiro atoms. The van der Waals surface area contributed by atoms with Crippen LogP contribution in [-0.4, -0.2) is 48.8 Å². The van der Waals surface area contributed by atoms with Crippen LogP contribution in [0, 0.1) is 5.92 Å². The van der Waals surface area contributed by atoms with E-state index in [1.54, 1.807) is 12.1 Å². The first-order valence-corrected chi connectivity index (χ1v) is 9.46. The third-order valence-corrected chi connectivity index (χ3v) is 4.99. The number of carbonyl (C=O) groups excluding carboxylic acids is 2. The highest BCUT2D eigenvalue weighted by molar-refractivity contribution is 5.74. The van der Waals surface area contributed by atoms with Gasteiger partial charge in [0.05, 0.1) is 7.11 Å². The van der Waals surface area contributed by atoms with E-state index < -0.39 is 0 Å². The summed E-state index contributed by atoms with van der Waals surface area (Å²) in [4.78, 5) is 25.1. The van der Waals surface area contributed by atoms with Crippen molar-refractivity contribution in [3.8, 4) is 5.75 Å². The van der Waals surface area contributed by atoms with Crippen LogP contribution in [0.2, 0.25) is 0 Å². The van der Waals surface area contributed by atoms with Crippen molar-refractivity contribution in [1.82, 2.24) is 10.2 Å². The highest BCUT2D eigenvalue weighted by Crippen LogP contribution is 2.23. The first-order valence-electron chi connectivity index (χ1n) is 9.46. The lowest BCUT2D eigenvalue weighted by Gasteiger charge is -2.32. The summed E-state index contributed by atoms with van der Waals surface area (Å²) in [6, 6.07) is 7.40. The van der Waals surface area contributed by atoms with E-state index in [0.29, 0.717) is 24.6 Å². The molecule has 0 radical (unpaired) electrons. The van der Waals surface area contributed by atoms with Crippen LogP contribution >= 0.6 is 0 Å². The third-order valence-electron chi connectivity index (χ3n) is 4.99. The van der Waals surface area contributed by atoms with Gasteiger partial charge in [-0.3, -0.25) is 4.79 Å². The number of ether oxygens (including phenoxy) is 1. The SMILES string of the molecule is COC(=O)CCCCNC(=O)N1CCC(CCc2ccc(O)cc2)CC1. The molecule has 1 aromatic rings. The van der Waals surface area contributed by atoms with Crippen molar-refractivity contribution in [1.29, 1.82) is 0 Å². The average molecular weight is 362 g/mol. The number of nitrogens with zero attached hydrogens (tertiary/aromatic N) is 1. The van der Waals surface area contributed by atoms with Crippen LogP contribution in [0.15, 0.2) is 24.3 Å². The number of piperidine rings is 1. The van der Waals surface area contributed by atoms with Crippen LogP contribution in [0.25, 0.3) is 0 Å². The molecule has 2 N–H and O–H groups in total. The Hall–Kier alpha value is -2.24. The Morgan fingerprint density at radius 2 is 1.88 bits per heavy atom. The number of methoxy groups -OCH3 is 1. The normalized spacial score (nSPS) is 14.9. The van der Waals surface area contributed by atoms with Gasteiger partial charge in [-0.05, 0) is 62.1 Å². The van der Waals surface area contributed by atoms with Gasteiger partial charge in [-0.25, -0.2) is 4.79 Å². The highest BCUT2D eigenvalue weighted by atomic mass is 16.5. The molecule has 6 heteroatoms. The molecular formula is C20H30N2O4. The molecule has 0 aromatic heterocycles. The number of aromatic hydroxyl groups is 1. The number of rotatable bonds is 8.